The summed E-state index contributed by atoms with van der Waals surface area (Å²) in [6, 6.07) is 24.1. The van der Waals surface area contributed by atoms with Crippen molar-refractivity contribution in [2.75, 3.05) is 0 Å². The third-order valence-corrected chi connectivity index (χ3v) is 6.31. The van der Waals surface area contributed by atoms with E-state index in [2.05, 4.69) is 31.3 Å². The summed E-state index contributed by atoms with van der Waals surface area (Å²) in [6.07, 6.45) is 0. The second-order valence-electron chi connectivity index (χ2n) is 6.73. The van der Waals surface area contributed by atoms with Crippen LogP contribution >= 0.6 is 35.0 Å². The highest BCUT2D eigenvalue weighted by Gasteiger charge is 2.17. The van der Waals surface area contributed by atoms with Crippen molar-refractivity contribution in [1.29, 1.82) is 0 Å². The van der Waals surface area contributed by atoms with E-state index in [-0.39, 0.29) is 0 Å². The molecule has 0 aliphatic heterocycles. The fourth-order valence-electron chi connectivity index (χ4n) is 3.39. The monoisotopic (exact) mass is 438 g/mol. The zero-order valence-corrected chi connectivity index (χ0v) is 17.6. The van der Waals surface area contributed by atoms with Gasteiger partial charge in [-0.25, -0.2) is 0 Å². The first kappa shape index (κ1) is 18.6. The van der Waals surface area contributed by atoms with Crippen LogP contribution in [0.1, 0.15) is 11.1 Å². The zero-order valence-electron chi connectivity index (χ0n) is 15.3. The van der Waals surface area contributed by atoms with Gasteiger partial charge in [-0.2, -0.15) is 0 Å². The molecule has 0 N–H and O–H groups in total. The number of hydrogen-bond acceptors (Lipinski definition) is 3. The van der Waals surface area contributed by atoms with Crippen LogP contribution in [-0.2, 0) is 12.3 Å². The third kappa shape index (κ3) is 3.62. The van der Waals surface area contributed by atoms with E-state index in [0.29, 0.717) is 6.54 Å². The molecule has 29 heavy (non-hydrogen) atoms. The predicted octanol–water partition coefficient (Wildman–Crippen LogP) is 6.33. The largest absolute Gasteiger partial charge is 0.304 e. The van der Waals surface area contributed by atoms with E-state index in [1.807, 2.05) is 60.7 Å². The zero-order chi connectivity index (χ0) is 19.8. The van der Waals surface area contributed by atoms with Crippen molar-refractivity contribution >= 4 is 51.8 Å². The van der Waals surface area contributed by atoms with Crippen LogP contribution in [0.25, 0.3) is 16.8 Å². The average molecular weight is 439 g/mol. The van der Waals surface area contributed by atoms with E-state index < -0.39 is 0 Å². The summed E-state index contributed by atoms with van der Waals surface area (Å²) >= 11 is 13.7. The van der Waals surface area contributed by atoms with Crippen LogP contribution in [0.5, 0.6) is 0 Å². The SMILES string of the molecule is Clc1ccc(CSc2nnc3n(Cc4ccc(Cl)cc4)c4ccccc4n23)cc1. The summed E-state index contributed by atoms with van der Waals surface area (Å²) in [7, 11) is 0. The number of para-hydroxylation sites is 2. The van der Waals surface area contributed by atoms with Gasteiger partial charge in [-0.3, -0.25) is 4.40 Å². The Morgan fingerprint density at radius 1 is 0.724 bits per heavy atom. The van der Waals surface area contributed by atoms with Gasteiger partial charge < -0.3 is 4.57 Å². The maximum absolute atomic E-state index is 6.04. The summed E-state index contributed by atoms with van der Waals surface area (Å²) in [5.41, 5.74) is 4.58. The minimum atomic E-state index is 0.703. The molecule has 0 spiro atoms. The van der Waals surface area contributed by atoms with Crippen molar-refractivity contribution in [3.05, 3.63) is 94.0 Å². The lowest BCUT2D eigenvalue weighted by Crippen LogP contribution is -2.00. The molecule has 0 aliphatic rings. The number of nitrogens with zero attached hydrogens (tertiary/aromatic N) is 4. The lowest BCUT2D eigenvalue weighted by atomic mass is 10.2. The summed E-state index contributed by atoms with van der Waals surface area (Å²) in [5.74, 6) is 1.63. The molecule has 7 heteroatoms. The van der Waals surface area contributed by atoms with Crippen molar-refractivity contribution in [2.45, 2.75) is 17.5 Å². The van der Waals surface area contributed by atoms with Crippen LogP contribution in [0.2, 0.25) is 10.0 Å². The Kier molecular flexibility index (Phi) is 4.96. The van der Waals surface area contributed by atoms with E-state index in [1.54, 1.807) is 11.8 Å². The number of thioether (sulfide) groups is 1. The molecular formula is C22H16Cl2N4S. The Morgan fingerprint density at radius 3 is 2.03 bits per heavy atom. The molecule has 0 amide bonds. The van der Waals surface area contributed by atoms with Gasteiger partial charge >= 0.3 is 0 Å². The molecule has 3 aromatic carbocycles. The number of benzene rings is 3. The summed E-state index contributed by atoms with van der Waals surface area (Å²) < 4.78 is 4.32. The van der Waals surface area contributed by atoms with E-state index >= 15 is 0 Å². The van der Waals surface area contributed by atoms with Crippen LogP contribution in [0.15, 0.2) is 78.0 Å². The van der Waals surface area contributed by atoms with Gasteiger partial charge in [-0.15, -0.1) is 10.2 Å². The topological polar surface area (TPSA) is 35.1 Å². The Bertz CT molecular complexity index is 1290. The Hall–Kier alpha value is -2.47. The number of rotatable bonds is 5. The molecule has 0 unspecified atom stereocenters. The van der Waals surface area contributed by atoms with E-state index in [4.69, 9.17) is 23.2 Å². The highest BCUT2D eigenvalue weighted by molar-refractivity contribution is 7.98. The normalized spacial score (nSPS) is 11.5. The van der Waals surface area contributed by atoms with E-state index in [1.165, 1.54) is 5.56 Å². The van der Waals surface area contributed by atoms with Gasteiger partial charge in [-0.05, 0) is 47.5 Å². The molecule has 0 radical (unpaired) electrons. The first-order valence-electron chi connectivity index (χ1n) is 9.13. The minimum Gasteiger partial charge on any atom is -0.304 e. The van der Waals surface area contributed by atoms with Gasteiger partial charge in [0.2, 0.25) is 5.78 Å². The number of imidazole rings is 1. The molecule has 0 bridgehead atoms. The van der Waals surface area contributed by atoms with Crippen molar-refractivity contribution in [3.8, 4) is 0 Å². The maximum Gasteiger partial charge on any atom is 0.237 e. The first-order chi connectivity index (χ1) is 14.2. The van der Waals surface area contributed by atoms with Crippen molar-refractivity contribution < 1.29 is 0 Å². The molecule has 0 atom stereocenters. The van der Waals surface area contributed by atoms with Gasteiger partial charge in [0.15, 0.2) is 5.16 Å². The van der Waals surface area contributed by atoms with E-state index in [0.717, 1.165) is 43.3 Å². The molecule has 0 saturated carbocycles. The standard InChI is InChI=1S/C22H16Cl2N4S/c23-17-9-5-15(6-10-17)13-27-19-3-1-2-4-20(19)28-21(27)25-26-22(28)29-14-16-7-11-18(24)12-8-16/h1-12H,13-14H2. The molecule has 2 aromatic heterocycles. The van der Waals surface area contributed by atoms with Crippen molar-refractivity contribution in [2.24, 2.45) is 0 Å². The Labute approximate surface area is 182 Å². The quantitative estimate of drug-likeness (QED) is 0.300. The molecule has 0 saturated heterocycles. The van der Waals surface area contributed by atoms with Gasteiger partial charge in [-0.1, -0.05) is 71.4 Å². The molecule has 0 fully saturated rings. The number of hydrogen-bond donors (Lipinski definition) is 0. The van der Waals surface area contributed by atoms with Crippen LogP contribution in [0.4, 0.5) is 0 Å². The second-order valence-corrected chi connectivity index (χ2v) is 8.55. The fourth-order valence-corrected chi connectivity index (χ4v) is 4.54. The van der Waals surface area contributed by atoms with Gasteiger partial charge in [0.05, 0.1) is 17.6 Å². The number of fused-ring (bicyclic) bond motifs is 3. The van der Waals surface area contributed by atoms with Crippen LogP contribution in [0.3, 0.4) is 0 Å². The fraction of sp³-hybridized carbons (Fsp3) is 0.0909. The number of halogens is 2. The summed E-state index contributed by atoms with van der Waals surface area (Å²) in [5, 5.41) is 11.3. The third-order valence-electron chi connectivity index (χ3n) is 4.81. The Morgan fingerprint density at radius 2 is 1.34 bits per heavy atom. The lowest BCUT2D eigenvalue weighted by Gasteiger charge is -2.05. The number of aromatic nitrogens is 4. The van der Waals surface area contributed by atoms with Crippen LogP contribution in [-0.4, -0.2) is 19.2 Å². The maximum atomic E-state index is 6.04. The molecule has 4 nitrogen and oxygen atoms in total. The van der Waals surface area contributed by atoms with Crippen molar-refractivity contribution in [3.63, 3.8) is 0 Å². The predicted molar refractivity (Wildman–Crippen MR) is 120 cm³/mol. The summed E-state index contributed by atoms with van der Waals surface area (Å²) in [6.45, 7) is 0.703. The highest BCUT2D eigenvalue weighted by Crippen LogP contribution is 2.28. The molecule has 2 heterocycles. The van der Waals surface area contributed by atoms with Crippen LogP contribution in [0, 0.1) is 0 Å². The molecule has 5 aromatic rings. The van der Waals surface area contributed by atoms with Crippen LogP contribution < -0.4 is 0 Å². The van der Waals surface area contributed by atoms with Gasteiger partial charge in [0.1, 0.15) is 0 Å². The first-order valence-corrected chi connectivity index (χ1v) is 10.9. The minimum absolute atomic E-state index is 0.703. The van der Waals surface area contributed by atoms with Gasteiger partial charge in [0.25, 0.3) is 0 Å². The van der Waals surface area contributed by atoms with Gasteiger partial charge in [0, 0.05) is 15.8 Å². The lowest BCUT2D eigenvalue weighted by molar-refractivity contribution is 0.839. The molecular weight excluding hydrogens is 423 g/mol. The van der Waals surface area contributed by atoms with Crippen molar-refractivity contribution in [1.82, 2.24) is 19.2 Å². The van der Waals surface area contributed by atoms with E-state index in [9.17, 15) is 0 Å². The highest BCUT2D eigenvalue weighted by atomic mass is 35.5. The molecule has 5 rings (SSSR count). The average Bonchev–Trinajstić information content (AvgIpc) is 3.29. The second kappa shape index (κ2) is 7.75. The summed E-state index contributed by atoms with van der Waals surface area (Å²) in [4.78, 5) is 0. The molecule has 144 valence electrons. The Balaban J connectivity index is 1.54. The molecule has 0 aliphatic carbocycles. The smallest absolute Gasteiger partial charge is 0.237 e.